The smallest absolute Gasteiger partial charge is 0.261 e. The van der Waals surface area contributed by atoms with Crippen molar-refractivity contribution in [1.29, 1.82) is 0 Å². The lowest BCUT2D eigenvalue weighted by atomic mass is 10.2. The van der Waals surface area contributed by atoms with E-state index in [1.54, 1.807) is 36.4 Å². The van der Waals surface area contributed by atoms with Crippen molar-refractivity contribution in [2.45, 2.75) is 6.92 Å². The average molecular weight is 448 g/mol. The number of thiocarbonyl (C=S) groups is 1. The summed E-state index contributed by atoms with van der Waals surface area (Å²) in [5.74, 6) is 0.0807. The van der Waals surface area contributed by atoms with Crippen LogP contribution in [0.5, 0.6) is 5.75 Å². The van der Waals surface area contributed by atoms with Gasteiger partial charge in [0, 0.05) is 9.50 Å². The number of nitrogens with one attached hydrogen (secondary N) is 2. The predicted octanol–water partition coefficient (Wildman–Crippen LogP) is 5.28. The van der Waals surface area contributed by atoms with E-state index in [4.69, 9.17) is 40.2 Å². The van der Waals surface area contributed by atoms with Crippen LogP contribution >= 0.6 is 51.3 Å². The molecular formula is C16H13BrCl2N2O2S. The number of halogens is 3. The molecule has 2 N–H and O–H groups in total. The highest BCUT2D eigenvalue weighted by Gasteiger charge is 2.15. The Hall–Kier alpha value is -1.34. The number of hydrogen-bond acceptors (Lipinski definition) is 3. The topological polar surface area (TPSA) is 50.4 Å². The van der Waals surface area contributed by atoms with Gasteiger partial charge in [-0.15, -0.1) is 0 Å². The molecule has 1 amide bonds. The summed E-state index contributed by atoms with van der Waals surface area (Å²) in [5.41, 5.74) is 0.876. The van der Waals surface area contributed by atoms with Crippen molar-refractivity contribution in [3.8, 4) is 5.75 Å². The largest absolute Gasteiger partial charge is 0.493 e. The normalized spacial score (nSPS) is 10.2. The minimum Gasteiger partial charge on any atom is -0.493 e. The van der Waals surface area contributed by atoms with Crippen LogP contribution in [-0.4, -0.2) is 17.6 Å². The van der Waals surface area contributed by atoms with E-state index in [1.165, 1.54) is 0 Å². The first-order valence-corrected chi connectivity index (χ1v) is 8.86. The predicted molar refractivity (Wildman–Crippen MR) is 105 cm³/mol. The Kier molecular flexibility index (Phi) is 6.86. The fourth-order valence-electron chi connectivity index (χ4n) is 1.88. The Balaban J connectivity index is 2.13. The molecule has 0 aliphatic heterocycles. The number of ether oxygens (including phenoxy) is 1. The average Bonchev–Trinajstić information content (AvgIpc) is 2.52. The van der Waals surface area contributed by atoms with Gasteiger partial charge in [-0.05, 0) is 55.5 Å². The molecule has 0 heterocycles. The highest BCUT2D eigenvalue weighted by molar-refractivity contribution is 9.10. The monoisotopic (exact) mass is 446 g/mol. The zero-order valence-corrected chi connectivity index (χ0v) is 16.4. The van der Waals surface area contributed by atoms with Gasteiger partial charge in [0.1, 0.15) is 5.75 Å². The summed E-state index contributed by atoms with van der Waals surface area (Å²) in [4.78, 5) is 12.4. The van der Waals surface area contributed by atoms with E-state index in [1.807, 2.05) is 6.92 Å². The minimum atomic E-state index is -0.393. The van der Waals surface area contributed by atoms with Crippen molar-refractivity contribution >= 4 is 68.1 Å². The molecule has 24 heavy (non-hydrogen) atoms. The molecule has 0 aliphatic rings. The Labute approximate surface area is 163 Å². The molecule has 0 aromatic heterocycles. The standard InChI is InChI=1S/C16H13BrCl2N2O2S/c1-2-23-14-6-3-9(17)7-11(14)15(22)21-16(24)20-13-8-10(18)4-5-12(13)19/h3-8H,2H2,1H3,(H2,20,21,22,24). The third kappa shape index (κ3) is 5.08. The van der Waals surface area contributed by atoms with Crippen LogP contribution in [-0.2, 0) is 0 Å². The van der Waals surface area contributed by atoms with Crippen molar-refractivity contribution in [1.82, 2.24) is 5.32 Å². The fraction of sp³-hybridized carbons (Fsp3) is 0.125. The van der Waals surface area contributed by atoms with Crippen molar-refractivity contribution in [2.24, 2.45) is 0 Å². The van der Waals surface area contributed by atoms with E-state index < -0.39 is 5.91 Å². The van der Waals surface area contributed by atoms with Gasteiger partial charge in [-0.2, -0.15) is 0 Å². The van der Waals surface area contributed by atoms with Gasteiger partial charge >= 0.3 is 0 Å². The van der Waals surface area contributed by atoms with Crippen LogP contribution < -0.4 is 15.4 Å². The molecule has 2 rings (SSSR count). The van der Waals surface area contributed by atoms with E-state index in [0.29, 0.717) is 33.7 Å². The maximum atomic E-state index is 12.4. The molecular weight excluding hydrogens is 435 g/mol. The SMILES string of the molecule is CCOc1ccc(Br)cc1C(=O)NC(=S)Nc1cc(Cl)ccc1Cl. The second kappa shape index (κ2) is 8.67. The summed E-state index contributed by atoms with van der Waals surface area (Å²) in [7, 11) is 0. The molecule has 2 aromatic rings. The van der Waals surface area contributed by atoms with Crippen LogP contribution in [0.25, 0.3) is 0 Å². The Morgan fingerprint density at radius 1 is 1.25 bits per heavy atom. The zero-order chi connectivity index (χ0) is 17.7. The summed E-state index contributed by atoms with van der Waals surface area (Å²) >= 11 is 20.5. The summed E-state index contributed by atoms with van der Waals surface area (Å²) in [6.07, 6.45) is 0. The molecule has 2 aromatic carbocycles. The number of rotatable bonds is 4. The number of carbonyl (C=O) groups is 1. The van der Waals surface area contributed by atoms with Crippen molar-refractivity contribution in [3.63, 3.8) is 0 Å². The lowest BCUT2D eigenvalue weighted by Crippen LogP contribution is -2.34. The summed E-state index contributed by atoms with van der Waals surface area (Å²) in [6, 6.07) is 10.1. The first-order chi connectivity index (χ1) is 11.4. The van der Waals surface area contributed by atoms with Gasteiger partial charge in [-0.3, -0.25) is 10.1 Å². The lowest BCUT2D eigenvalue weighted by Gasteiger charge is -2.13. The molecule has 0 radical (unpaired) electrons. The van der Waals surface area contributed by atoms with Crippen LogP contribution in [0.15, 0.2) is 40.9 Å². The summed E-state index contributed by atoms with van der Waals surface area (Å²) in [6.45, 7) is 2.29. The first kappa shape index (κ1) is 19.0. The molecule has 0 fully saturated rings. The van der Waals surface area contributed by atoms with E-state index in [-0.39, 0.29) is 5.11 Å². The molecule has 0 unspecified atom stereocenters. The van der Waals surface area contributed by atoms with Crippen molar-refractivity contribution in [3.05, 3.63) is 56.5 Å². The van der Waals surface area contributed by atoms with E-state index in [0.717, 1.165) is 4.47 Å². The molecule has 0 aliphatic carbocycles. The van der Waals surface area contributed by atoms with Gasteiger partial charge in [0.2, 0.25) is 0 Å². The number of carbonyl (C=O) groups excluding carboxylic acids is 1. The van der Waals surface area contributed by atoms with E-state index >= 15 is 0 Å². The first-order valence-electron chi connectivity index (χ1n) is 6.90. The third-order valence-corrected chi connectivity index (χ3v) is 4.15. The number of hydrogen-bond donors (Lipinski definition) is 2. The van der Waals surface area contributed by atoms with Crippen molar-refractivity contribution < 1.29 is 9.53 Å². The quantitative estimate of drug-likeness (QED) is 0.626. The van der Waals surface area contributed by atoms with Crippen LogP contribution in [0.4, 0.5) is 5.69 Å². The van der Waals surface area contributed by atoms with Crippen LogP contribution in [0.2, 0.25) is 10.0 Å². The molecule has 4 nitrogen and oxygen atoms in total. The molecule has 0 saturated carbocycles. The zero-order valence-electron chi connectivity index (χ0n) is 12.5. The van der Waals surface area contributed by atoms with Gasteiger partial charge < -0.3 is 10.1 Å². The molecule has 0 atom stereocenters. The van der Waals surface area contributed by atoms with Crippen molar-refractivity contribution in [2.75, 3.05) is 11.9 Å². The second-order valence-corrected chi connectivity index (χ2v) is 6.77. The maximum absolute atomic E-state index is 12.4. The second-order valence-electron chi connectivity index (χ2n) is 4.61. The third-order valence-electron chi connectivity index (χ3n) is 2.89. The van der Waals surface area contributed by atoms with Gasteiger partial charge in [-0.25, -0.2) is 0 Å². The minimum absolute atomic E-state index is 0.103. The lowest BCUT2D eigenvalue weighted by molar-refractivity contribution is 0.0974. The fourth-order valence-corrected chi connectivity index (χ4v) is 2.78. The maximum Gasteiger partial charge on any atom is 0.261 e. The Morgan fingerprint density at radius 3 is 2.71 bits per heavy atom. The van der Waals surface area contributed by atoms with Gasteiger partial charge in [0.05, 0.1) is 22.9 Å². The highest BCUT2D eigenvalue weighted by Crippen LogP contribution is 2.26. The van der Waals surface area contributed by atoms with Gasteiger partial charge in [0.25, 0.3) is 5.91 Å². The highest BCUT2D eigenvalue weighted by atomic mass is 79.9. The number of benzene rings is 2. The Morgan fingerprint density at radius 2 is 2.00 bits per heavy atom. The molecule has 8 heteroatoms. The Bertz CT molecular complexity index is 787. The van der Waals surface area contributed by atoms with E-state index in [9.17, 15) is 4.79 Å². The summed E-state index contributed by atoms with van der Waals surface area (Å²) < 4.78 is 6.22. The van der Waals surface area contributed by atoms with Crippen LogP contribution in [0.1, 0.15) is 17.3 Å². The van der Waals surface area contributed by atoms with Crippen LogP contribution in [0, 0.1) is 0 Å². The summed E-state index contributed by atoms with van der Waals surface area (Å²) in [5, 5.41) is 6.49. The van der Waals surface area contributed by atoms with Crippen LogP contribution in [0.3, 0.4) is 0 Å². The van der Waals surface area contributed by atoms with Gasteiger partial charge in [-0.1, -0.05) is 39.1 Å². The molecule has 0 bridgehead atoms. The molecule has 0 spiro atoms. The number of anilines is 1. The van der Waals surface area contributed by atoms with E-state index in [2.05, 4.69) is 26.6 Å². The molecule has 126 valence electrons. The number of amides is 1. The van der Waals surface area contributed by atoms with Gasteiger partial charge in [0.15, 0.2) is 5.11 Å². The molecule has 0 saturated heterocycles.